The Morgan fingerprint density at radius 3 is 2.72 bits per heavy atom. The van der Waals surface area contributed by atoms with Gasteiger partial charge >= 0.3 is 5.69 Å². The molecule has 3 heterocycles. The molecule has 0 radical (unpaired) electrons. The Balaban J connectivity index is 1.84. The first-order valence-corrected chi connectivity index (χ1v) is 11.0. The molecular weight excluding hydrogens is 386 g/mol. The first-order valence-electron chi connectivity index (χ1n) is 10.1. The van der Waals surface area contributed by atoms with Gasteiger partial charge in [-0.15, -0.1) is 11.3 Å². The third-order valence-electron chi connectivity index (χ3n) is 5.82. The third-order valence-corrected chi connectivity index (χ3v) is 6.71. The van der Waals surface area contributed by atoms with Crippen molar-refractivity contribution in [1.82, 2.24) is 14.0 Å². The molecule has 1 saturated heterocycles. The van der Waals surface area contributed by atoms with E-state index in [-0.39, 0.29) is 24.1 Å². The second kappa shape index (κ2) is 7.99. The van der Waals surface area contributed by atoms with E-state index in [0.29, 0.717) is 15.9 Å². The lowest BCUT2D eigenvalue weighted by atomic mass is 10.00. The van der Waals surface area contributed by atoms with Crippen LogP contribution in [0.4, 0.5) is 0 Å². The van der Waals surface area contributed by atoms with Crippen LogP contribution in [-0.2, 0) is 11.3 Å². The molecule has 4 rings (SSSR count). The number of nitrogens with zero attached hydrogens (tertiary/aromatic N) is 3. The summed E-state index contributed by atoms with van der Waals surface area (Å²) in [6.45, 7) is 4.65. The minimum atomic E-state index is -0.464. The van der Waals surface area contributed by atoms with Crippen LogP contribution in [0.15, 0.2) is 45.3 Å². The van der Waals surface area contributed by atoms with Crippen LogP contribution >= 0.6 is 11.3 Å². The molecule has 152 valence electrons. The fraction of sp³-hybridized carbons (Fsp3) is 0.409. The lowest BCUT2D eigenvalue weighted by Gasteiger charge is -2.35. The maximum Gasteiger partial charge on any atom is 0.336 e. The number of carbonyl (C=O) groups excluding carboxylic acids is 1. The molecule has 7 heteroatoms. The maximum absolute atomic E-state index is 13.4. The zero-order valence-electron chi connectivity index (χ0n) is 16.8. The molecule has 29 heavy (non-hydrogen) atoms. The van der Waals surface area contributed by atoms with Gasteiger partial charge in [-0.05, 0) is 55.7 Å². The average molecular weight is 412 g/mol. The smallest absolute Gasteiger partial charge is 0.336 e. The van der Waals surface area contributed by atoms with Crippen molar-refractivity contribution in [3.63, 3.8) is 0 Å². The standard InChI is InChI=1S/C22H25N3O3S/c1-3-16-9-6-7-12-23(16)19(26)14-24-18-11-13-29-20(18)21(27)25(22(24)28)17-10-5-4-8-15(17)2/h4-5,8,10-11,13,16H,3,6-7,9,12,14H2,1-2H3. The fourth-order valence-electron chi connectivity index (χ4n) is 4.25. The summed E-state index contributed by atoms with van der Waals surface area (Å²) in [5, 5.41) is 1.80. The molecule has 3 aromatic rings. The van der Waals surface area contributed by atoms with Gasteiger partial charge in [0.15, 0.2) is 0 Å². The molecule has 0 saturated carbocycles. The zero-order valence-corrected chi connectivity index (χ0v) is 17.6. The number of aryl methyl sites for hydroxylation is 1. The van der Waals surface area contributed by atoms with Crippen LogP contribution < -0.4 is 11.2 Å². The monoisotopic (exact) mass is 411 g/mol. The normalized spacial score (nSPS) is 17.0. The van der Waals surface area contributed by atoms with Gasteiger partial charge in [-0.3, -0.25) is 14.2 Å². The quantitative estimate of drug-likeness (QED) is 0.662. The van der Waals surface area contributed by atoms with Gasteiger partial charge in [0.1, 0.15) is 11.2 Å². The molecule has 1 aromatic carbocycles. The van der Waals surface area contributed by atoms with Gasteiger partial charge in [0.05, 0.1) is 11.2 Å². The summed E-state index contributed by atoms with van der Waals surface area (Å²) in [7, 11) is 0. The second-order valence-corrected chi connectivity index (χ2v) is 8.49. The molecule has 1 aliphatic heterocycles. The van der Waals surface area contributed by atoms with E-state index in [2.05, 4.69) is 6.92 Å². The van der Waals surface area contributed by atoms with E-state index in [4.69, 9.17) is 0 Å². The van der Waals surface area contributed by atoms with Crippen molar-refractivity contribution in [2.75, 3.05) is 6.54 Å². The van der Waals surface area contributed by atoms with Crippen LogP contribution in [0.25, 0.3) is 15.9 Å². The van der Waals surface area contributed by atoms with Crippen molar-refractivity contribution < 1.29 is 4.79 Å². The Morgan fingerprint density at radius 1 is 1.17 bits per heavy atom. The topological polar surface area (TPSA) is 64.3 Å². The molecule has 1 aliphatic rings. The van der Waals surface area contributed by atoms with Crippen LogP contribution in [0.5, 0.6) is 0 Å². The second-order valence-electron chi connectivity index (χ2n) is 7.58. The summed E-state index contributed by atoms with van der Waals surface area (Å²) in [5.74, 6) is -0.0545. The number of thiophene rings is 1. The summed E-state index contributed by atoms with van der Waals surface area (Å²) < 4.78 is 3.16. The van der Waals surface area contributed by atoms with Crippen LogP contribution in [-0.4, -0.2) is 32.5 Å². The lowest BCUT2D eigenvalue weighted by molar-refractivity contribution is -0.135. The number of amides is 1. The number of fused-ring (bicyclic) bond motifs is 1. The number of hydrogen-bond acceptors (Lipinski definition) is 4. The number of likely N-dealkylation sites (tertiary alicyclic amines) is 1. The van der Waals surface area contributed by atoms with E-state index in [0.717, 1.165) is 37.8 Å². The third kappa shape index (κ3) is 3.44. The van der Waals surface area contributed by atoms with E-state index in [1.165, 1.54) is 20.5 Å². The largest absolute Gasteiger partial charge is 0.338 e. The van der Waals surface area contributed by atoms with Crippen LogP contribution in [0.1, 0.15) is 38.2 Å². The molecule has 0 aliphatic carbocycles. The average Bonchev–Trinajstić information content (AvgIpc) is 3.22. The Morgan fingerprint density at radius 2 is 1.97 bits per heavy atom. The first kappa shape index (κ1) is 19.6. The van der Waals surface area contributed by atoms with Crippen molar-refractivity contribution >= 4 is 27.5 Å². The van der Waals surface area contributed by atoms with E-state index in [1.54, 1.807) is 17.5 Å². The summed E-state index contributed by atoms with van der Waals surface area (Å²) in [6, 6.07) is 9.30. The number of carbonyl (C=O) groups is 1. The van der Waals surface area contributed by atoms with Crippen LogP contribution in [0, 0.1) is 6.92 Å². The Labute approximate surface area is 173 Å². The van der Waals surface area contributed by atoms with Gasteiger partial charge in [-0.1, -0.05) is 25.1 Å². The predicted molar refractivity (Wildman–Crippen MR) is 116 cm³/mol. The highest BCUT2D eigenvalue weighted by Gasteiger charge is 2.27. The number of piperidine rings is 1. The minimum absolute atomic E-state index is 0.0469. The lowest BCUT2D eigenvalue weighted by Crippen LogP contribution is -2.47. The minimum Gasteiger partial charge on any atom is -0.338 e. The Kier molecular flexibility index (Phi) is 5.41. The number of benzene rings is 1. The molecular formula is C22H25N3O3S. The molecule has 1 atom stereocenters. The number of para-hydroxylation sites is 1. The predicted octanol–water partition coefficient (Wildman–Crippen LogP) is 3.31. The fourth-order valence-corrected chi connectivity index (χ4v) is 5.07. The number of rotatable bonds is 4. The molecule has 0 bridgehead atoms. The summed E-state index contributed by atoms with van der Waals surface area (Å²) in [5.41, 5.74) is 1.13. The zero-order chi connectivity index (χ0) is 20.5. The van der Waals surface area contributed by atoms with Gasteiger partial charge in [0.2, 0.25) is 5.91 Å². The van der Waals surface area contributed by atoms with Crippen molar-refractivity contribution in [1.29, 1.82) is 0 Å². The van der Waals surface area contributed by atoms with E-state index in [1.807, 2.05) is 30.0 Å². The van der Waals surface area contributed by atoms with Gasteiger partial charge < -0.3 is 4.90 Å². The Bertz CT molecular complexity index is 1170. The summed E-state index contributed by atoms with van der Waals surface area (Å²) in [4.78, 5) is 41.5. The van der Waals surface area contributed by atoms with Crippen LogP contribution in [0.3, 0.4) is 0 Å². The van der Waals surface area contributed by atoms with Gasteiger partial charge in [0, 0.05) is 12.6 Å². The van der Waals surface area contributed by atoms with E-state index >= 15 is 0 Å². The molecule has 1 unspecified atom stereocenters. The number of hydrogen-bond donors (Lipinski definition) is 0. The van der Waals surface area contributed by atoms with E-state index in [9.17, 15) is 14.4 Å². The molecule has 6 nitrogen and oxygen atoms in total. The molecule has 0 N–H and O–H groups in total. The van der Waals surface area contributed by atoms with Gasteiger partial charge in [0.25, 0.3) is 5.56 Å². The molecule has 0 spiro atoms. The highest BCUT2D eigenvalue weighted by molar-refractivity contribution is 7.17. The Hall–Kier alpha value is -2.67. The van der Waals surface area contributed by atoms with Crippen molar-refractivity contribution in [3.05, 3.63) is 62.1 Å². The van der Waals surface area contributed by atoms with Crippen molar-refractivity contribution in [2.45, 2.75) is 52.1 Å². The number of aromatic nitrogens is 2. The van der Waals surface area contributed by atoms with Gasteiger partial charge in [-0.2, -0.15) is 0 Å². The molecule has 2 aromatic heterocycles. The van der Waals surface area contributed by atoms with Crippen molar-refractivity contribution in [3.8, 4) is 5.69 Å². The first-order chi connectivity index (χ1) is 14.0. The molecule has 1 amide bonds. The van der Waals surface area contributed by atoms with Crippen molar-refractivity contribution in [2.24, 2.45) is 0 Å². The summed E-state index contributed by atoms with van der Waals surface area (Å²) in [6.07, 6.45) is 4.05. The SMILES string of the molecule is CCC1CCCCN1C(=O)Cn1c(=O)n(-c2ccccc2C)c(=O)c2sccc21. The summed E-state index contributed by atoms with van der Waals surface area (Å²) >= 11 is 1.30. The van der Waals surface area contributed by atoms with Gasteiger partial charge in [-0.25, -0.2) is 9.36 Å². The molecule has 1 fully saturated rings. The van der Waals surface area contributed by atoms with E-state index < -0.39 is 5.69 Å². The van der Waals surface area contributed by atoms with Crippen LogP contribution in [0.2, 0.25) is 0 Å². The highest BCUT2D eigenvalue weighted by Crippen LogP contribution is 2.21. The highest BCUT2D eigenvalue weighted by atomic mass is 32.1. The maximum atomic E-state index is 13.4.